The van der Waals surface area contributed by atoms with Gasteiger partial charge < -0.3 is 15.8 Å². The van der Waals surface area contributed by atoms with Crippen molar-refractivity contribution in [2.45, 2.75) is 31.3 Å². The van der Waals surface area contributed by atoms with E-state index in [2.05, 4.69) is 17.0 Å². The van der Waals surface area contributed by atoms with Gasteiger partial charge >= 0.3 is 5.97 Å². The molecule has 0 aromatic heterocycles. The van der Waals surface area contributed by atoms with Crippen molar-refractivity contribution in [1.82, 2.24) is 5.32 Å². The van der Waals surface area contributed by atoms with Crippen LogP contribution in [0.1, 0.15) is 19.8 Å². The molecule has 1 saturated heterocycles. The molecular formula is C8H16N2O2. The van der Waals surface area contributed by atoms with Crippen molar-refractivity contribution in [2.24, 2.45) is 5.73 Å². The summed E-state index contributed by atoms with van der Waals surface area (Å²) < 4.78 is 4.57. The molecule has 0 amide bonds. The topological polar surface area (TPSA) is 64.3 Å². The third-order valence-electron chi connectivity index (χ3n) is 2.24. The van der Waals surface area contributed by atoms with Gasteiger partial charge in [-0.2, -0.15) is 0 Å². The highest BCUT2D eigenvalue weighted by Gasteiger charge is 2.35. The quantitative estimate of drug-likeness (QED) is 0.558. The summed E-state index contributed by atoms with van der Waals surface area (Å²) in [5.74, 6) is -0.228. The summed E-state index contributed by atoms with van der Waals surface area (Å²) in [4.78, 5) is 10.9. The number of rotatable bonds is 2. The van der Waals surface area contributed by atoms with Gasteiger partial charge in [0.05, 0.1) is 13.5 Å². The molecule has 3 N–H and O–H groups in total. The first-order valence-corrected chi connectivity index (χ1v) is 4.15. The van der Waals surface area contributed by atoms with Crippen LogP contribution in [0, 0.1) is 0 Å². The maximum atomic E-state index is 10.9. The molecule has 1 heterocycles. The first-order chi connectivity index (χ1) is 5.56. The maximum Gasteiger partial charge on any atom is 0.307 e. The molecule has 1 aliphatic rings. The zero-order valence-electron chi connectivity index (χ0n) is 7.59. The van der Waals surface area contributed by atoms with Crippen LogP contribution in [0.25, 0.3) is 0 Å². The lowest BCUT2D eigenvalue weighted by Gasteiger charge is -2.20. The van der Waals surface area contributed by atoms with Gasteiger partial charge in [0.2, 0.25) is 0 Å². The van der Waals surface area contributed by atoms with Crippen LogP contribution in [0.2, 0.25) is 0 Å². The van der Waals surface area contributed by atoms with Gasteiger partial charge in [0.15, 0.2) is 0 Å². The molecule has 2 unspecified atom stereocenters. The lowest BCUT2D eigenvalue weighted by molar-refractivity contribution is -0.141. The van der Waals surface area contributed by atoms with Gasteiger partial charge in [-0.25, -0.2) is 0 Å². The van der Waals surface area contributed by atoms with E-state index >= 15 is 0 Å². The Morgan fingerprint density at radius 3 is 2.92 bits per heavy atom. The summed E-state index contributed by atoms with van der Waals surface area (Å²) in [5, 5.41) is 3.21. The van der Waals surface area contributed by atoms with Crippen molar-refractivity contribution in [3.8, 4) is 0 Å². The molecule has 0 radical (unpaired) electrons. The first kappa shape index (κ1) is 9.48. The average Bonchev–Trinajstić information content (AvgIpc) is 2.30. The van der Waals surface area contributed by atoms with Gasteiger partial charge in [0.25, 0.3) is 0 Å². The van der Waals surface area contributed by atoms with Gasteiger partial charge in [-0.3, -0.25) is 4.79 Å². The number of nitrogens with one attached hydrogen (secondary N) is 1. The van der Waals surface area contributed by atoms with E-state index in [1.54, 1.807) is 0 Å². The van der Waals surface area contributed by atoms with Crippen LogP contribution in [0.4, 0.5) is 0 Å². The van der Waals surface area contributed by atoms with Gasteiger partial charge in [-0.15, -0.1) is 0 Å². The third-order valence-corrected chi connectivity index (χ3v) is 2.24. The largest absolute Gasteiger partial charge is 0.469 e. The second-order valence-corrected chi connectivity index (χ2v) is 3.60. The lowest BCUT2D eigenvalue weighted by Crippen LogP contribution is -2.44. The van der Waals surface area contributed by atoms with Crippen molar-refractivity contribution in [3.05, 3.63) is 0 Å². The molecular weight excluding hydrogens is 156 g/mol. The fourth-order valence-corrected chi connectivity index (χ4v) is 1.63. The van der Waals surface area contributed by atoms with E-state index < -0.39 is 5.54 Å². The first-order valence-electron chi connectivity index (χ1n) is 4.15. The Kier molecular flexibility index (Phi) is 2.69. The number of esters is 1. The Labute approximate surface area is 72.5 Å². The monoisotopic (exact) mass is 172 g/mol. The van der Waals surface area contributed by atoms with E-state index in [1.165, 1.54) is 7.11 Å². The Bertz CT molecular complexity index is 184. The summed E-state index contributed by atoms with van der Waals surface area (Å²) in [7, 11) is 1.39. The molecule has 70 valence electrons. The molecule has 1 aliphatic heterocycles. The van der Waals surface area contributed by atoms with Crippen molar-refractivity contribution in [2.75, 3.05) is 13.7 Å². The Hall–Kier alpha value is -0.610. The molecule has 1 fully saturated rings. The van der Waals surface area contributed by atoms with Crippen molar-refractivity contribution in [1.29, 1.82) is 0 Å². The van der Waals surface area contributed by atoms with E-state index in [0.717, 1.165) is 6.42 Å². The van der Waals surface area contributed by atoms with Gasteiger partial charge in [0, 0.05) is 18.1 Å². The fraction of sp³-hybridized carbons (Fsp3) is 0.875. The lowest BCUT2D eigenvalue weighted by atomic mass is 9.94. The Morgan fingerprint density at radius 1 is 1.83 bits per heavy atom. The second-order valence-electron chi connectivity index (χ2n) is 3.60. The number of methoxy groups -OCH3 is 1. The third kappa shape index (κ3) is 2.19. The molecule has 0 aromatic rings. The zero-order chi connectivity index (χ0) is 9.19. The maximum absolute atomic E-state index is 10.9. The van der Waals surface area contributed by atoms with Crippen LogP contribution in [0.5, 0.6) is 0 Å². The van der Waals surface area contributed by atoms with E-state index in [0.29, 0.717) is 19.0 Å². The average molecular weight is 172 g/mol. The van der Waals surface area contributed by atoms with Crippen LogP contribution in [-0.4, -0.2) is 31.2 Å². The fourth-order valence-electron chi connectivity index (χ4n) is 1.63. The summed E-state index contributed by atoms with van der Waals surface area (Å²) in [5.41, 5.74) is 5.57. The van der Waals surface area contributed by atoms with E-state index in [-0.39, 0.29) is 5.97 Å². The van der Waals surface area contributed by atoms with Crippen LogP contribution in [0.15, 0.2) is 0 Å². The Morgan fingerprint density at radius 2 is 2.50 bits per heavy atom. The molecule has 4 nitrogen and oxygen atoms in total. The number of hydrogen-bond acceptors (Lipinski definition) is 4. The highest BCUT2D eigenvalue weighted by Crippen LogP contribution is 2.20. The van der Waals surface area contributed by atoms with Crippen LogP contribution >= 0.6 is 0 Å². The SMILES string of the molecule is COC(=O)CC1(N)CNC(C)C1. The molecule has 0 bridgehead atoms. The molecule has 12 heavy (non-hydrogen) atoms. The highest BCUT2D eigenvalue weighted by atomic mass is 16.5. The van der Waals surface area contributed by atoms with Crippen LogP contribution in [0.3, 0.4) is 0 Å². The number of carbonyl (C=O) groups is 1. The summed E-state index contributed by atoms with van der Waals surface area (Å²) in [6, 6.07) is 0.402. The van der Waals surface area contributed by atoms with Crippen LogP contribution < -0.4 is 11.1 Å². The smallest absolute Gasteiger partial charge is 0.307 e. The van der Waals surface area contributed by atoms with Gasteiger partial charge in [-0.1, -0.05) is 0 Å². The predicted molar refractivity (Wildman–Crippen MR) is 45.6 cm³/mol. The van der Waals surface area contributed by atoms with Gasteiger partial charge in [-0.05, 0) is 13.3 Å². The zero-order valence-corrected chi connectivity index (χ0v) is 7.59. The van der Waals surface area contributed by atoms with E-state index in [4.69, 9.17) is 5.73 Å². The van der Waals surface area contributed by atoms with Crippen LogP contribution in [-0.2, 0) is 9.53 Å². The molecule has 0 aromatic carbocycles. The predicted octanol–water partition coefficient (Wildman–Crippen LogP) is -0.371. The molecule has 0 spiro atoms. The minimum atomic E-state index is -0.396. The summed E-state index contributed by atoms with van der Waals surface area (Å²) in [6.45, 7) is 2.76. The van der Waals surface area contributed by atoms with Crippen molar-refractivity contribution >= 4 is 5.97 Å². The molecule has 0 saturated carbocycles. The summed E-state index contributed by atoms with van der Waals surface area (Å²) >= 11 is 0. The van der Waals surface area contributed by atoms with Crippen molar-refractivity contribution in [3.63, 3.8) is 0 Å². The minimum absolute atomic E-state index is 0.228. The second kappa shape index (κ2) is 3.41. The minimum Gasteiger partial charge on any atom is -0.469 e. The normalized spacial score (nSPS) is 35.1. The number of carbonyl (C=O) groups excluding carboxylic acids is 1. The molecule has 2 atom stereocenters. The van der Waals surface area contributed by atoms with Gasteiger partial charge in [0.1, 0.15) is 0 Å². The Balaban J connectivity index is 2.45. The molecule has 4 heteroatoms. The highest BCUT2D eigenvalue weighted by molar-refractivity contribution is 5.70. The van der Waals surface area contributed by atoms with E-state index in [1.807, 2.05) is 0 Å². The number of hydrogen-bond donors (Lipinski definition) is 2. The summed E-state index contributed by atoms with van der Waals surface area (Å²) in [6.07, 6.45) is 1.14. The number of ether oxygens (including phenoxy) is 1. The molecule has 0 aliphatic carbocycles. The standard InChI is InChI=1S/C8H16N2O2/c1-6-3-8(9,5-10-6)4-7(11)12-2/h6,10H,3-5,9H2,1-2H3. The van der Waals surface area contributed by atoms with E-state index in [9.17, 15) is 4.79 Å². The number of nitrogens with two attached hydrogens (primary N) is 1. The van der Waals surface area contributed by atoms with Crippen molar-refractivity contribution < 1.29 is 9.53 Å². The molecule has 1 rings (SSSR count).